The molecule has 2 N–H and O–H groups in total. The van der Waals surface area contributed by atoms with Crippen LogP contribution in [0.2, 0.25) is 10.0 Å². The van der Waals surface area contributed by atoms with Gasteiger partial charge in [-0.05, 0) is 98.6 Å². The van der Waals surface area contributed by atoms with E-state index in [0.717, 1.165) is 36.4 Å². The van der Waals surface area contributed by atoms with Gasteiger partial charge in [-0.3, -0.25) is 9.69 Å². The average Bonchev–Trinajstić information content (AvgIpc) is 3.43. The molecule has 3 aliphatic rings. The Hall–Kier alpha value is -2.27. The molecule has 1 amide bonds. The number of H-pyrrole nitrogens is 1. The molecule has 1 saturated carbocycles. The van der Waals surface area contributed by atoms with E-state index in [1.54, 1.807) is 24.3 Å². The number of carbonyl (C=O) groups is 1. The summed E-state index contributed by atoms with van der Waals surface area (Å²) in [5.74, 6) is 1.38. The first-order valence-corrected chi connectivity index (χ1v) is 14.5. The molecule has 3 atom stereocenters. The molecule has 194 valence electrons. The Bertz CT molecular complexity index is 1280. The van der Waals surface area contributed by atoms with Gasteiger partial charge in [-0.1, -0.05) is 47.5 Å². The molecule has 37 heavy (non-hydrogen) atoms. The third-order valence-corrected chi connectivity index (χ3v) is 9.72. The largest absolute Gasteiger partial charge is 0.361 e. The van der Waals surface area contributed by atoms with Crippen molar-refractivity contribution in [3.8, 4) is 0 Å². The van der Waals surface area contributed by atoms with Crippen LogP contribution in [0.25, 0.3) is 17.0 Å². The zero-order valence-electron chi connectivity index (χ0n) is 21.1. The molecule has 0 spiro atoms. The highest BCUT2D eigenvalue weighted by atomic mass is 35.5. The first kappa shape index (κ1) is 25.0. The van der Waals surface area contributed by atoms with Gasteiger partial charge in [0.1, 0.15) is 0 Å². The molecule has 1 aliphatic carbocycles. The van der Waals surface area contributed by atoms with Crippen molar-refractivity contribution in [3.63, 3.8) is 0 Å². The lowest BCUT2D eigenvalue weighted by Gasteiger charge is -2.42. The van der Waals surface area contributed by atoms with Gasteiger partial charge in [0.25, 0.3) is 0 Å². The maximum atomic E-state index is 12.5. The topological polar surface area (TPSA) is 48.1 Å². The van der Waals surface area contributed by atoms with Gasteiger partial charge in [0, 0.05) is 47.8 Å². The van der Waals surface area contributed by atoms with E-state index in [4.69, 9.17) is 23.2 Å². The number of hydrogen-bond acceptors (Lipinski definition) is 2. The van der Waals surface area contributed by atoms with E-state index in [1.807, 2.05) is 6.07 Å². The minimum atomic E-state index is -0.0353. The number of nitrogens with one attached hydrogen (secondary N) is 2. The predicted octanol–water partition coefficient (Wildman–Crippen LogP) is 7.57. The summed E-state index contributed by atoms with van der Waals surface area (Å²) in [6.45, 7) is 1.23. The second kappa shape index (κ2) is 10.8. The monoisotopic (exact) mass is 535 g/mol. The van der Waals surface area contributed by atoms with Crippen LogP contribution in [0, 0.1) is 5.92 Å². The molecule has 6 heteroatoms. The van der Waals surface area contributed by atoms with Crippen LogP contribution in [-0.4, -0.2) is 40.5 Å². The van der Waals surface area contributed by atoms with E-state index in [9.17, 15) is 4.79 Å². The van der Waals surface area contributed by atoms with Crippen molar-refractivity contribution in [3.05, 3.63) is 75.9 Å². The van der Waals surface area contributed by atoms with Crippen LogP contribution in [0.4, 0.5) is 0 Å². The molecule has 3 heterocycles. The number of aromatic nitrogens is 1. The van der Waals surface area contributed by atoms with Crippen molar-refractivity contribution in [2.24, 2.45) is 5.92 Å². The lowest BCUT2D eigenvalue weighted by Crippen LogP contribution is -2.46. The summed E-state index contributed by atoms with van der Waals surface area (Å²) in [5, 5.41) is 5.63. The number of benzene rings is 2. The summed E-state index contributed by atoms with van der Waals surface area (Å²) in [6, 6.07) is 15.8. The van der Waals surface area contributed by atoms with Gasteiger partial charge in [-0.15, -0.1) is 0 Å². The Labute approximate surface area is 229 Å². The quantitative estimate of drug-likeness (QED) is 0.319. The van der Waals surface area contributed by atoms with Crippen LogP contribution in [0.5, 0.6) is 0 Å². The van der Waals surface area contributed by atoms with Crippen LogP contribution in [0.1, 0.15) is 68.4 Å². The predicted molar refractivity (Wildman–Crippen MR) is 153 cm³/mol. The fourth-order valence-corrected chi connectivity index (χ4v) is 7.39. The van der Waals surface area contributed by atoms with E-state index in [0.29, 0.717) is 16.0 Å². The minimum absolute atomic E-state index is 0.0353. The van der Waals surface area contributed by atoms with Gasteiger partial charge < -0.3 is 10.3 Å². The smallest absolute Gasteiger partial charge is 0.244 e. The molecule has 0 radical (unpaired) electrons. The zero-order chi connectivity index (χ0) is 25.4. The molecule has 2 saturated heterocycles. The van der Waals surface area contributed by atoms with Crippen LogP contribution >= 0.6 is 23.2 Å². The molecule has 1 aromatic heterocycles. The van der Waals surface area contributed by atoms with Crippen molar-refractivity contribution < 1.29 is 4.79 Å². The fraction of sp³-hybridized carbons (Fsp3) is 0.452. The Balaban J connectivity index is 0.985. The average molecular weight is 537 g/mol. The highest BCUT2D eigenvalue weighted by molar-refractivity contribution is 6.42. The number of carbonyl (C=O) groups excluding carboxylic acids is 1. The van der Waals surface area contributed by atoms with Crippen LogP contribution in [0.15, 0.2) is 54.7 Å². The van der Waals surface area contributed by atoms with Gasteiger partial charge in [0.05, 0.1) is 10.0 Å². The molecule has 1 unspecified atom stereocenters. The van der Waals surface area contributed by atoms with E-state index in [2.05, 4.69) is 45.7 Å². The van der Waals surface area contributed by atoms with Gasteiger partial charge in [-0.2, -0.15) is 0 Å². The molecule has 6 rings (SSSR count). The highest BCUT2D eigenvalue weighted by Crippen LogP contribution is 2.45. The van der Waals surface area contributed by atoms with E-state index in [1.165, 1.54) is 61.5 Å². The van der Waals surface area contributed by atoms with E-state index in [-0.39, 0.29) is 11.9 Å². The Morgan fingerprint density at radius 2 is 1.73 bits per heavy atom. The second-order valence-electron chi connectivity index (χ2n) is 11.3. The molecule has 3 fully saturated rings. The number of halogens is 2. The summed E-state index contributed by atoms with van der Waals surface area (Å²) in [5.41, 5.74) is 3.66. The molecule has 2 aromatic carbocycles. The van der Waals surface area contributed by atoms with Crippen molar-refractivity contribution >= 4 is 46.1 Å². The van der Waals surface area contributed by atoms with E-state index >= 15 is 0 Å². The summed E-state index contributed by atoms with van der Waals surface area (Å²) in [6.07, 6.45) is 15.5. The molecule has 3 aromatic rings. The highest BCUT2D eigenvalue weighted by Gasteiger charge is 2.42. The Kier molecular flexibility index (Phi) is 7.34. The summed E-state index contributed by atoms with van der Waals surface area (Å²) in [7, 11) is 0. The van der Waals surface area contributed by atoms with Crippen LogP contribution < -0.4 is 5.32 Å². The van der Waals surface area contributed by atoms with Crippen molar-refractivity contribution in [2.75, 3.05) is 6.54 Å². The maximum Gasteiger partial charge on any atom is 0.244 e. The fourth-order valence-electron chi connectivity index (χ4n) is 7.08. The van der Waals surface area contributed by atoms with Gasteiger partial charge in [0.15, 0.2) is 0 Å². The number of rotatable bonds is 6. The van der Waals surface area contributed by atoms with Crippen molar-refractivity contribution in [1.82, 2.24) is 15.2 Å². The van der Waals surface area contributed by atoms with E-state index < -0.39 is 0 Å². The number of piperidine rings is 1. The lowest BCUT2D eigenvalue weighted by atomic mass is 9.82. The van der Waals surface area contributed by atoms with Gasteiger partial charge in [-0.25, -0.2) is 0 Å². The van der Waals surface area contributed by atoms with Crippen molar-refractivity contribution in [2.45, 2.75) is 75.4 Å². The normalized spacial score (nSPS) is 28.2. The summed E-state index contributed by atoms with van der Waals surface area (Å²) < 4.78 is 0. The standard InChI is InChI=1S/C31H35Cl2N3O/c32-28-13-7-20(15-29(28)33)8-14-31(37)35-23-9-5-21(6-10-23)19-36-24-11-12-25(36)17-22(16-24)27-18-34-30-4-2-1-3-26(27)30/h1-4,7-8,13-15,18,21-25,34H,5-6,9-12,16-17,19H2,(H,35,37)/b14-8+/t21?,22?,23?,24-,25+. The number of fused-ring (bicyclic) bond motifs is 3. The number of amides is 1. The van der Waals surface area contributed by atoms with Gasteiger partial charge >= 0.3 is 0 Å². The summed E-state index contributed by atoms with van der Waals surface area (Å²) >= 11 is 12.0. The van der Waals surface area contributed by atoms with Gasteiger partial charge in [0.2, 0.25) is 5.91 Å². The minimum Gasteiger partial charge on any atom is -0.361 e. The third-order valence-electron chi connectivity index (χ3n) is 8.98. The summed E-state index contributed by atoms with van der Waals surface area (Å²) in [4.78, 5) is 18.8. The second-order valence-corrected chi connectivity index (χ2v) is 12.1. The maximum absolute atomic E-state index is 12.5. The first-order valence-electron chi connectivity index (χ1n) is 13.8. The third kappa shape index (κ3) is 5.48. The SMILES string of the molecule is O=C(/C=C/c1ccc(Cl)c(Cl)c1)NC1CCC(CN2[C@@H]3CC[C@H]2CC(c2c[nH]c4ccccc24)C3)CC1. The first-order chi connectivity index (χ1) is 18.0. The molecule has 4 nitrogen and oxygen atoms in total. The molecular weight excluding hydrogens is 501 g/mol. The number of para-hydroxylation sites is 1. The van der Waals surface area contributed by atoms with Crippen LogP contribution in [0.3, 0.4) is 0 Å². The Morgan fingerprint density at radius 3 is 2.49 bits per heavy atom. The molecular formula is C31H35Cl2N3O. The number of hydrogen-bond donors (Lipinski definition) is 2. The zero-order valence-corrected chi connectivity index (χ0v) is 22.6. The Morgan fingerprint density at radius 1 is 0.973 bits per heavy atom. The number of nitrogens with zero attached hydrogens (tertiary/aromatic N) is 1. The van der Waals surface area contributed by atoms with Crippen molar-refractivity contribution in [1.29, 1.82) is 0 Å². The number of aromatic amines is 1. The molecule has 2 aliphatic heterocycles. The lowest BCUT2D eigenvalue weighted by molar-refractivity contribution is -0.117. The molecule has 2 bridgehead atoms. The van der Waals surface area contributed by atoms with Crippen LogP contribution in [-0.2, 0) is 4.79 Å².